The van der Waals surface area contributed by atoms with Gasteiger partial charge in [0.15, 0.2) is 0 Å². The van der Waals surface area contributed by atoms with Crippen LogP contribution in [-0.2, 0) is 9.53 Å². The summed E-state index contributed by atoms with van der Waals surface area (Å²) in [6, 6.07) is 0. The Kier molecular flexibility index (Phi) is 16.2. The molecule has 0 aromatic carbocycles. The smallest absolute Gasteiger partial charge is 0.334 e. The minimum absolute atomic E-state index is 0.515. The highest BCUT2D eigenvalue weighted by Crippen LogP contribution is 2.21. The molecule has 3 heteroatoms. The average molecular weight is 341 g/mol. The van der Waals surface area contributed by atoms with Crippen LogP contribution in [0.5, 0.6) is 0 Å². The average Bonchev–Trinajstić information content (AvgIpc) is 2.56. The Balaban J connectivity index is 4.34. The van der Waals surface area contributed by atoms with E-state index in [-0.39, 0.29) is 0 Å². The first-order valence-corrected chi connectivity index (χ1v) is 10.2. The Morgan fingerprint density at radius 1 is 0.708 bits per heavy atom. The topological polar surface area (TPSA) is 46.5 Å². The molecule has 0 amide bonds. The predicted octanol–water partition coefficient (Wildman–Crippen LogP) is 6.86. The van der Waals surface area contributed by atoms with Crippen LogP contribution in [0.25, 0.3) is 0 Å². The first-order valence-electron chi connectivity index (χ1n) is 10.2. The van der Waals surface area contributed by atoms with Crippen LogP contribution in [0.2, 0.25) is 0 Å². The van der Waals surface area contributed by atoms with Gasteiger partial charge >= 0.3 is 5.97 Å². The van der Waals surface area contributed by atoms with Crippen LogP contribution in [0.1, 0.15) is 111 Å². The van der Waals surface area contributed by atoms with Gasteiger partial charge in [0.25, 0.3) is 0 Å². The van der Waals surface area contributed by atoms with Gasteiger partial charge in [-0.05, 0) is 26.2 Å². The Morgan fingerprint density at radius 2 is 1.17 bits per heavy atom. The Hall–Kier alpha value is -0.990. The number of carboxylic acids is 1. The summed E-state index contributed by atoms with van der Waals surface area (Å²) in [5, 5.41) is 9.55. The van der Waals surface area contributed by atoms with Gasteiger partial charge in [0.1, 0.15) is 5.76 Å². The van der Waals surface area contributed by atoms with Crippen molar-refractivity contribution in [3.8, 4) is 0 Å². The molecular formula is C21H40O3. The van der Waals surface area contributed by atoms with Crippen LogP contribution in [0.4, 0.5) is 0 Å². The minimum Gasteiger partial charge on any atom is -0.498 e. The molecule has 0 saturated carbocycles. The molecule has 0 unspecified atom stereocenters. The molecule has 0 atom stereocenters. The molecular weight excluding hydrogens is 300 g/mol. The Morgan fingerprint density at radius 3 is 1.62 bits per heavy atom. The third kappa shape index (κ3) is 12.4. The number of aliphatic carboxylic acids is 1. The second-order valence-corrected chi connectivity index (χ2v) is 6.68. The van der Waals surface area contributed by atoms with E-state index in [2.05, 4.69) is 13.8 Å². The van der Waals surface area contributed by atoms with E-state index in [1.807, 2.05) is 6.92 Å². The number of hydrogen-bond acceptors (Lipinski definition) is 2. The highest BCUT2D eigenvalue weighted by molar-refractivity contribution is 5.87. The molecule has 142 valence electrons. The number of allylic oxidation sites excluding steroid dienone is 1. The van der Waals surface area contributed by atoms with Crippen molar-refractivity contribution in [1.82, 2.24) is 0 Å². The van der Waals surface area contributed by atoms with Crippen molar-refractivity contribution in [1.29, 1.82) is 0 Å². The van der Waals surface area contributed by atoms with E-state index in [1.165, 1.54) is 57.8 Å². The largest absolute Gasteiger partial charge is 0.498 e. The molecule has 0 rings (SSSR count). The van der Waals surface area contributed by atoms with Crippen LogP contribution in [0.15, 0.2) is 11.3 Å². The maximum Gasteiger partial charge on any atom is 0.334 e. The molecule has 0 aliphatic rings. The number of rotatable bonds is 17. The monoisotopic (exact) mass is 340 g/mol. The van der Waals surface area contributed by atoms with E-state index in [0.29, 0.717) is 18.6 Å². The molecule has 0 fully saturated rings. The van der Waals surface area contributed by atoms with Crippen molar-refractivity contribution in [2.24, 2.45) is 0 Å². The Labute approximate surface area is 149 Å². The highest BCUT2D eigenvalue weighted by atomic mass is 16.5. The van der Waals surface area contributed by atoms with Crippen LogP contribution in [-0.4, -0.2) is 17.7 Å². The van der Waals surface area contributed by atoms with Crippen LogP contribution in [0, 0.1) is 0 Å². The van der Waals surface area contributed by atoms with E-state index < -0.39 is 5.97 Å². The molecule has 0 aliphatic heterocycles. The van der Waals surface area contributed by atoms with E-state index in [1.54, 1.807) is 0 Å². The van der Waals surface area contributed by atoms with Gasteiger partial charge in [-0.25, -0.2) is 4.79 Å². The molecule has 0 spiro atoms. The molecule has 1 N–H and O–H groups in total. The van der Waals surface area contributed by atoms with Gasteiger partial charge in [-0.15, -0.1) is 0 Å². The standard InChI is InChI=1S/C21H40O3/c1-4-7-9-11-13-15-17-19(21(22)23)20(24-6-3)18-16-14-12-10-8-5-2/h4-18H2,1-3H3,(H,22,23)/b20-19+. The van der Waals surface area contributed by atoms with Gasteiger partial charge in [0.2, 0.25) is 0 Å². The maximum absolute atomic E-state index is 11.6. The molecule has 0 saturated heterocycles. The maximum atomic E-state index is 11.6. The zero-order valence-electron chi connectivity index (χ0n) is 16.4. The fourth-order valence-electron chi connectivity index (χ4n) is 3.00. The summed E-state index contributed by atoms with van der Waals surface area (Å²) in [5.74, 6) is -0.0629. The zero-order valence-corrected chi connectivity index (χ0v) is 16.4. The fourth-order valence-corrected chi connectivity index (χ4v) is 3.00. The predicted molar refractivity (Wildman–Crippen MR) is 102 cm³/mol. The number of hydrogen-bond donors (Lipinski definition) is 1. The van der Waals surface area contributed by atoms with Crippen molar-refractivity contribution in [2.75, 3.05) is 6.61 Å². The number of carbonyl (C=O) groups is 1. The van der Waals surface area contributed by atoms with E-state index in [0.717, 1.165) is 31.4 Å². The van der Waals surface area contributed by atoms with Gasteiger partial charge in [-0.1, -0.05) is 78.1 Å². The van der Waals surface area contributed by atoms with E-state index in [9.17, 15) is 9.90 Å². The van der Waals surface area contributed by atoms with Crippen LogP contribution >= 0.6 is 0 Å². The van der Waals surface area contributed by atoms with Gasteiger partial charge in [0.05, 0.1) is 12.2 Å². The normalized spacial score (nSPS) is 12.1. The molecule has 3 nitrogen and oxygen atoms in total. The number of ether oxygens (including phenoxy) is 1. The third-order valence-electron chi connectivity index (χ3n) is 4.45. The van der Waals surface area contributed by atoms with Crippen molar-refractivity contribution < 1.29 is 14.6 Å². The summed E-state index contributed by atoms with van der Waals surface area (Å²) in [6.07, 6.45) is 15.8. The minimum atomic E-state index is -0.794. The van der Waals surface area contributed by atoms with Gasteiger partial charge in [-0.2, -0.15) is 0 Å². The van der Waals surface area contributed by atoms with Gasteiger partial charge in [0, 0.05) is 6.42 Å². The lowest BCUT2D eigenvalue weighted by Crippen LogP contribution is -2.08. The number of carboxylic acid groups (broad SMARTS) is 1. The van der Waals surface area contributed by atoms with Crippen LogP contribution in [0.3, 0.4) is 0 Å². The quantitative estimate of drug-likeness (QED) is 0.179. The molecule has 0 aromatic heterocycles. The summed E-state index contributed by atoms with van der Waals surface area (Å²) < 4.78 is 5.69. The first kappa shape index (κ1) is 23.0. The molecule has 24 heavy (non-hydrogen) atoms. The molecule has 0 radical (unpaired) electrons. The lowest BCUT2D eigenvalue weighted by Gasteiger charge is -2.13. The molecule has 0 aliphatic carbocycles. The first-order chi connectivity index (χ1) is 11.7. The molecule has 0 heterocycles. The van der Waals surface area contributed by atoms with Crippen molar-refractivity contribution in [3.05, 3.63) is 11.3 Å². The summed E-state index contributed by atoms with van der Waals surface area (Å²) in [6.45, 7) is 6.92. The number of unbranched alkanes of at least 4 members (excludes halogenated alkanes) is 10. The van der Waals surface area contributed by atoms with E-state index >= 15 is 0 Å². The zero-order chi connectivity index (χ0) is 18.0. The van der Waals surface area contributed by atoms with Crippen molar-refractivity contribution >= 4 is 5.97 Å². The lowest BCUT2D eigenvalue weighted by atomic mass is 10.0. The van der Waals surface area contributed by atoms with E-state index in [4.69, 9.17) is 4.74 Å². The molecule has 0 aromatic rings. The SMILES string of the molecule is CCCCCCCC/C(OCC)=C(/CCCCCCCC)C(=O)O. The summed E-state index contributed by atoms with van der Waals surface area (Å²) in [4.78, 5) is 11.6. The molecule has 0 bridgehead atoms. The van der Waals surface area contributed by atoms with Crippen molar-refractivity contribution in [2.45, 2.75) is 111 Å². The van der Waals surface area contributed by atoms with Crippen molar-refractivity contribution in [3.63, 3.8) is 0 Å². The summed E-state index contributed by atoms with van der Waals surface area (Å²) in [5.41, 5.74) is 0.515. The van der Waals surface area contributed by atoms with Crippen LogP contribution < -0.4 is 0 Å². The highest BCUT2D eigenvalue weighted by Gasteiger charge is 2.15. The third-order valence-corrected chi connectivity index (χ3v) is 4.45. The second kappa shape index (κ2) is 16.9. The van der Waals surface area contributed by atoms with Gasteiger partial charge < -0.3 is 9.84 Å². The fraction of sp³-hybridized carbons (Fsp3) is 0.857. The summed E-state index contributed by atoms with van der Waals surface area (Å²) >= 11 is 0. The summed E-state index contributed by atoms with van der Waals surface area (Å²) in [7, 11) is 0. The second-order valence-electron chi connectivity index (χ2n) is 6.68. The lowest BCUT2D eigenvalue weighted by molar-refractivity contribution is -0.133. The van der Waals surface area contributed by atoms with Gasteiger partial charge in [-0.3, -0.25) is 0 Å². The Bertz CT molecular complexity index is 334.